The van der Waals surface area contributed by atoms with Crippen LogP contribution in [0.5, 0.6) is 0 Å². The van der Waals surface area contributed by atoms with Crippen molar-refractivity contribution in [3.63, 3.8) is 0 Å². The summed E-state index contributed by atoms with van der Waals surface area (Å²) in [5.74, 6) is -0.839. The second-order valence-electron chi connectivity index (χ2n) is 8.07. The van der Waals surface area contributed by atoms with E-state index in [9.17, 15) is 18.0 Å². The van der Waals surface area contributed by atoms with Crippen LogP contribution < -0.4 is 9.62 Å². The van der Waals surface area contributed by atoms with Gasteiger partial charge in [0.15, 0.2) is 0 Å². The molecule has 0 fully saturated rings. The second-order valence-corrected chi connectivity index (χ2v) is 10.4. The molecular weight excluding hydrogens is 486 g/mol. The van der Waals surface area contributed by atoms with Crippen LogP contribution in [0.3, 0.4) is 0 Å². The Morgan fingerprint density at radius 1 is 0.886 bits per heavy atom. The first-order valence-electron chi connectivity index (χ1n) is 11.0. The van der Waals surface area contributed by atoms with Crippen molar-refractivity contribution < 1.29 is 18.0 Å². The Balaban J connectivity index is 1.99. The van der Waals surface area contributed by atoms with Crippen LogP contribution in [0.15, 0.2) is 84.9 Å². The van der Waals surface area contributed by atoms with Crippen LogP contribution in [0.4, 0.5) is 5.69 Å². The monoisotopic (exact) mass is 513 g/mol. The number of hydrogen-bond donors (Lipinski definition) is 1. The number of hydrogen-bond acceptors (Lipinski definition) is 4. The maximum Gasteiger partial charge on any atom is 0.244 e. The molecule has 7 nitrogen and oxygen atoms in total. The first-order valence-corrected chi connectivity index (χ1v) is 13.2. The second kappa shape index (κ2) is 11.9. The number of anilines is 1. The third-order valence-electron chi connectivity index (χ3n) is 5.51. The van der Waals surface area contributed by atoms with E-state index in [2.05, 4.69) is 5.32 Å². The average Bonchev–Trinajstić information content (AvgIpc) is 2.85. The first-order chi connectivity index (χ1) is 16.7. The number of sulfonamides is 1. The maximum atomic E-state index is 13.7. The third kappa shape index (κ3) is 7.31. The van der Waals surface area contributed by atoms with E-state index in [1.54, 1.807) is 24.3 Å². The van der Waals surface area contributed by atoms with Gasteiger partial charge < -0.3 is 10.2 Å². The normalized spacial score (nSPS) is 12.0. The smallest absolute Gasteiger partial charge is 0.244 e. The van der Waals surface area contributed by atoms with Crippen LogP contribution in [0.2, 0.25) is 5.02 Å². The number of nitrogens with zero attached hydrogens (tertiary/aromatic N) is 2. The Labute approximate surface area is 211 Å². The van der Waals surface area contributed by atoms with Crippen molar-refractivity contribution in [2.75, 3.05) is 24.2 Å². The van der Waals surface area contributed by atoms with Gasteiger partial charge in [0.2, 0.25) is 21.8 Å². The summed E-state index contributed by atoms with van der Waals surface area (Å²) >= 11 is 5.96. The zero-order valence-corrected chi connectivity index (χ0v) is 21.2. The molecular formula is C26H28ClN3O4S. The predicted molar refractivity (Wildman–Crippen MR) is 139 cm³/mol. The van der Waals surface area contributed by atoms with Gasteiger partial charge >= 0.3 is 0 Å². The fourth-order valence-electron chi connectivity index (χ4n) is 3.72. The molecule has 0 aliphatic rings. The highest BCUT2D eigenvalue weighted by Crippen LogP contribution is 2.22. The van der Waals surface area contributed by atoms with Crippen molar-refractivity contribution in [2.45, 2.75) is 19.0 Å². The Morgan fingerprint density at radius 3 is 1.94 bits per heavy atom. The molecule has 0 heterocycles. The number of carbonyl (C=O) groups excluding carboxylic acids is 2. The zero-order chi connectivity index (χ0) is 25.4. The van der Waals surface area contributed by atoms with Gasteiger partial charge in [0.05, 0.1) is 11.9 Å². The fourth-order valence-corrected chi connectivity index (χ4v) is 4.70. The molecule has 0 aliphatic heterocycles. The number of benzene rings is 3. The average molecular weight is 514 g/mol. The number of likely N-dealkylation sites (N-methyl/N-ethyl adjacent to an activating group) is 1. The molecule has 35 heavy (non-hydrogen) atoms. The summed E-state index contributed by atoms with van der Waals surface area (Å²) in [6.07, 6.45) is 1.32. The Morgan fingerprint density at radius 2 is 1.43 bits per heavy atom. The minimum Gasteiger partial charge on any atom is -0.357 e. The molecule has 0 saturated carbocycles. The van der Waals surface area contributed by atoms with Gasteiger partial charge in [-0.2, -0.15) is 0 Å². The molecule has 0 aliphatic carbocycles. The van der Waals surface area contributed by atoms with Crippen molar-refractivity contribution in [1.82, 2.24) is 10.2 Å². The van der Waals surface area contributed by atoms with Gasteiger partial charge in [0.1, 0.15) is 12.6 Å². The summed E-state index contributed by atoms with van der Waals surface area (Å²) < 4.78 is 26.3. The highest BCUT2D eigenvalue weighted by molar-refractivity contribution is 7.92. The van der Waals surface area contributed by atoms with Crippen LogP contribution >= 0.6 is 11.6 Å². The summed E-state index contributed by atoms with van der Waals surface area (Å²) in [5.41, 5.74) is 2.01. The summed E-state index contributed by atoms with van der Waals surface area (Å²) in [6.45, 7) is -0.321. The molecule has 0 radical (unpaired) electrons. The van der Waals surface area contributed by atoms with Gasteiger partial charge in [0.25, 0.3) is 0 Å². The zero-order valence-electron chi connectivity index (χ0n) is 19.6. The Kier molecular flexibility index (Phi) is 8.89. The lowest BCUT2D eigenvalue weighted by molar-refractivity contribution is -0.139. The Bertz CT molecular complexity index is 1240. The highest BCUT2D eigenvalue weighted by atomic mass is 35.5. The lowest BCUT2D eigenvalue weighted by Crippen LogP contribution is -2.52. The molecule has 9 heteroatoms. The van der Waals surface area contributed by atoms with Crippen molar-refractivity contribution in [2.24, 2.45) is 0 Å². The van der Waals surface area contributed by atoms with E-state index in [0.29, 0.717) is 10.7 Å². The summed E-state index contributed by atoms with van der Waals surface area (Å²) in [6, 6.07) is 24.0. The minimum absolute atomic E-state index is 0.142. The molecule has 1 N–H and O–H groups in total. The van der Waals surface area contributed by atoms with Gasteiger partial charge in [-0.3, -0.25) is 13.9 Å². The lowest BCUT2D eigenvalue weighted by Gasteiger charge is -2.33. The van der Waals surface area contributed by atoms with Gasteiger partial charge in [-0.05, 0) is 35.4 Å². The van der Waals surface area contributed by atoms with Crippen molar-refractivity contribution in [3.05, 3.63) is 101 Å². The molecule has 184 valence electrons. The van der Waals surface area contributed by atoms with Crippen molar-refractivity contribution >= 4 is 39.1 Å². The molecule has 0 bridgehead atoms. The first kappa shape index (κ1) is 26.2. The molecule has 0 aromatic heterocycles. The number of halogens is 1. The van der Waals surface area contributed by atoms with E-state index in [-0.39, 0.29) is 18.9 Å². The van der Waals surface area contributed by atoms with E-state index in [1.807, 2.05) is 60.7 Å². The minimum atomic E-state index is -3.80. The van der Waals surface area contributed by atoms with Crippen molar-refractivity contribution in [1.29, 1.82) is 0 Å². The van der Waals surface area contributed by atoms with E-state index in [4.69, 9.17) is 11.6 Å². The molecule has 3 aromatic rings. The molecule has 0 saturated heterocycles. The molecule has 1 unspecified atom stereocenters. The molecule has 0 spiro atoms. The van der Waals surface area contributed by atoms with Crippen LogP contribution in [0.25, 0.3) is 0 Å². The van der Waals surface area contributed by atoms with Crippen LogP contribution in [0.1, 0.15) is 11.1 Å². The topological polar surface area (TPSA) is 86.8 Å². The van der Waals surface area contributed by atoms with Crippen LogP contribution in [0, 0.1) is 0 Å². The molecule has 3 aromatic carbocycles. The standard InChI is InChI=1S/C26H28ClN3O4S/c1-28-26(32)24(17-20-9-5-3-6-10-20)29(18-21-11-7-4-8-12-21)25(31)19-30(35(2,33)34)23-15-13-22(27)14-16-23/h3-16,24H,17-19H2,1-2H3,(H,28,32). The SMILES string of the molecule is CNC(=O)C(Cc1ccccc1)N(Cc1ccccc1)C(=O)CN(c1ccc(Cl)cc1)S(C)(=O)=O. The fraction of sp³-hybridized carbons (Fsp3) is 0.231. The van der Waals surface area contributed by atoms with Gasteiger partial charge in [-0.25, -0.2) is 8.42 Å². The largest absolute Gasteiger partial charge is 0.357 e. The number of rotatable bonds is 10. The van der Waals surface area contributed by atoms with Gasteiger partial charge in [-0.15, -0.1) is 0 Å². The van der Waals surface area contributed by atoms with Gasteiger partial charge in [0, 0.05) is 25.0 Å². The van der Waals surface area contributed by atoms with Crippen LogP contribution in [-0.2, 0) is 32.6 Å². The third-order valence-corrected chi connectivity index (χ3v) is 6.90. The van der Waals surface area contributed by atoms with Crippen molar-refractivity contribution in [3.8, 4) is 0 Å². The summed E-state index contributed by atoms with van der Waals surface area (Å²) in [5, 5.41) is 3.09. The number of carbonyl (C=O) groups is 2. The summed E-state index contributed by atoms with van der Waals surface area (Å²) in [4.78, 5) is 28.1. The highest BCUT2D eigenvalue weighted by Gasteiger charge is 2.32. The number of amides is 2. The van der Waals surface area contributed by atoms with E-state index in [0.717, 1.165) is 21.7 Å². The lowest BCUT2D eigenvalue weighted by atomic mass is 10.0. The molecule has 3 rings (SSSR count). The quantitative estimate of drug-likeness (QED) is 0.449. The maximum absolute atomic E-state index is 13.7. The van der Waals surface area contributed by atoms with Crippen LogP contribution in [-0.4, -0.2) is 51.0 Å². The Hall–Kier alpha value is -3.36. The van der Waals surface area contributed by atoms with E-state index < -0.39 is 28.5 Å². The molecule has 1 atom stereocenters. The van der Waals surface area contributed by atoms with Gasteiger partial charge in [-0.1, -0.05) is 72.3 Å². The summed E-state index contributed by atoms with van der Waals surface area (Å²) in [7, 11) is -2.28. The predicted octanol–water partition coefficient (Wildman–Crippen LogP) is 3.49. The molecule has 2 amide bonds. The van der Waals surface area contributed by atoms with E-state index in [1.165, 1.54) is 11.9 Å². The number of nitrogens with one attached hydrogen (secondary N) is 1. The van der Waals surface area contributed by atoms with E-state index >= 15 is 0 Å².